The predicted molar refractivity (Wildman–Crippen MR) is 75.7 cm³/mol. The van der Waals surface area contributed by atoms with Gasteiger partial charge in [0.1, 0.15) is 0 Å². The minimum Gasteiger partial charge on any atom is -0.504 e. The second-order valence-corrected chi connectivity index (χ2v) is 5.03. The van der Waals surface area contributed by atoms with Crippen molar-refractivity contribution in [2.75, 3.05) is 11.5 Å². The monoisotopic (exact) mass is 275 g/mol. The molecule has 19 heavy (non-hydrogen) atoms. The van der Waals surface area contributed by atoms with Crippen molar-refractivity contribution in [3.05, 3.63) is 48.0 Å². The summed E-state index contributed by atoms with van der Waals surface area (Å²) in [6.07, 6.45) is 0. The summed E-state index contributed by atoms with van der Waals surface area (Å²) >= 11 is 1.39. The Bertz CT molecular complexity index is 596. The zero-order valence-electron chi connectivity index (χ0n) is 10.0. The van der Waals surface area contributed by atoms with Gasteiger partial charge in [0.05, 0.1) is 5.75 Å². The molecule has 0 aromatic heterocycles. The number of rotatable bonds is 4. The van der Waals surface area contributed by atoms with Crippen LogP contribution in [-0.2, 0) is 0 Å². The number of benzene rings is 2. The van der Waals surface area contributed by atoms with Crippen LogP contribution in [0, 0.1) is 0 Å². The molecule has 0 radical (unpaired) electrons. The standard InChI is InChI=1S/C14H13NO3S/c15-10-2-4-11(5-3-10)19-8-14(18)9-1-6-12(16)13(17)7-9/h1-7,16-17H,8,15H2. The van der Waals surface area contributed by atoms with Gasteiger partial charge in [-0.05, 0) is 42.5 Å². The third-order valence-corrected chi connectivity index (χ3v) is 3.56. The molecule has 0 spiro atoms. The van der Waals surface area contributed by atoms with Gasteiger partial charge in [-0.25, -0.2) is 0 Å². The highest BCUT2D eigenvalue weighted by atomic mass is 32.2. The normalized spacial score (nSPS) is 10.3. The zero-order chi connectivity index (χ0) is 13.8. The van der Waals surface area contributed by atoms with E-state index in [2.05, 4.69) is 0 Å². The van der Waals surface area contributed by atoms with Crippen LogP contribution in [0.5, 0.6) is 11.5 Å². The van der Waals surface area contributed by atoms with Crippen LogP contribution >= 0.6 is 11.8 Å². The molecule has 0 atom stereocenters. The first kappa shape index (κ1) is 13.3. The molecule has 0 aliphatic carbocycles. The van der Waals surface area contributed by atoms with Crippen LogP contribution in [0.15, 0.2) is 47.4 Å². The number of Topliss-reactive ketones (excluding diaryl/α,β-unsaturated/α-hetero) is 1. The number of hydrogen-bond donors (Lipinski definition) is 3. The molecule has 0 saturated carbocycles. The van der Waals surface area contributed by atoms with Crippen molar-refractivity contribution in [3.63, 3.8) is 0 Å². The molecule has 0 unspecified atom stereocenters. The zero-order valence-corrected chi connectivity index (χ0v) is 10.9. The Morgan fingerprint density at radius 3 is 2.37 bits per heavy atom. The van der Waals surface area contributed by atoms with E-state index in [1.54, 1.807) is 12.1 Å². The van der Waals surface area contributed by atoms with E-state index < -0.39 is 0 Å². The number of phenolic OH excluding ortho intramolecular Hbond substituents is 2. The molecule has 0 aliphatic rings. The van der Waals surface area contributed by atoms with Crippen LogP contribution in [-0.4, -0.2) is 21.7 Å². The highest BCUT2D eigenvalue weighted by Crippen LogP contribution is 2.26. The summed E-state index contributed by atoms with van der Waals surface area (Å²) in [5, 5.41) is 18.5. The Balaban J connectivity index is 2.01. The minimum absolute atomic E-state index is 0.114. The predicted octanol–water partition coefficient (Wildman–Crippen LogP) is 2.66. The fourth-order valence-corrected chi connectivity index (χ4v) is 2.29. The number of phenols is 2. The van der Waals surface area contributed by atoms with E-state index in [1.165, 1.54) is 30.0 Å². The molecule has 2 aromatic carbocycles. The van der Waals surface area contributed by atoms with E-state index in [1.807, 2.05) is 12.1 Å². The Morgan fingerprint density at radius 1 is 1.05 bits per heavy atom. The van der Waals surface area contributed by atoms with Gasteiger partial charge in [-0.3, -0.25) is 4.79 Å². The summed E-state index contributed by atoms with van der Waals surface area (Å²) in [5.41, 5.74) is 6.63. The molecule has 0 heterocycles. The quantitative estimate of drug-likeness (QED) is 0.346. The Labute approximate surface area is 114 Å². The number of carbonyl (C=O) groups is 1. The summed E-state index contributed by atoms with van der Waals surface area (Å²) in [7, 11) is 0. The highest BCUT2D eigenvalue weighted by molar-refractivity contribution is 8.00. The average molecular weight is 275 g/mol. The Morgan fingerprint density at radius 2 is 1.74 bits per heavy atom. The van der Waals surface area contributed by atoms with Gasteiger partial charge in [0, 0.05) is 16.1 Å². The summed E-state index contributed by atoms with van der Waals surface area (Å²) in [6, 6.07) is 11.3. The van der Waals surface area contributed by atoms with Gasteiger partial charge in [0.2, 0.25) is 0 Å². The van der Waals surface area contributed by atoms with E-state index in [4.69, 9.17) is 5.73 Å². The molecule has 0 fully saturated rings. The number of nitrogen functional groups attached to an aromatic ring is 1. The third-order valence-electron chi connectivity index (χ3n) is 2.55. The smallest absolute Gasteiger partial charge is 0.173 e. The Kier molecular flexibility index (Phi) is 3.97. The first-order valence-electron chi connectivity index (χ1n) is 5.60. The molecule has 0 bridgehead atoms. The molecule has 4 N–H and O–H groups in total. The van der Waals surface area contributed by atoms with E-state index in [0.717, 1.165) is 4.90 Å². The van der Waals surface area contributed by atoms with Crippen LogP contribution in [0.1, 0.15) is 10.4 Å². The van der Waals surface area contributed by atoms with Crippen LogP contribution in [0.3, 0.4) is 0 Å². The second kappa shape index (κ2) is 5.67. The van der Waals surface area contributed by atoms with Crippen molar-refractivity contribution in [1.82, 2.24) is 0 Å². The molecule has 5 heteroatoms. The summed E-state index contributed by atoms with van der Waals surface area (Å²) < 4.78 is 0. The van der Waals surface area contributed by atoms with Crippen LogP contribution in [0.2, 0.25) is 0 Å². The molecule has 2 aromatic rings. The first-order valence-corrected chi connectivity index (χ1v) is 6.58. The van der Waals surface area contributed by atoms with Crippen LogP contribution < -0.4 is 5.73 Å². The minimum atomic E-state index is -0.289. The molecular weight excluding hydrogens is 262 g/mol. The maximum Gasteiger partial charge on any atom is 0.173 e. The molecule has 98 valence electrons. The number of thioether (sulfide) groups is 1. The van der Waals surface area contributed by atoms with Gasteiger partial charge >= 0.3 is 0 Å². The first-order chi connectivity index (χ1) is 9.06. The van der Waals surface area contributed by atoms with Crippen molar-refractivity contribution >= 4 is 23.2 Å². The number of anilines is 1. The van der Waals surface area contributed by atoms with E-state index in [9.17, 15) is 15.0 Å². The SMILES string of the molecule is Nc1ccc(SCC(=O)c2ccc(O)c(O)c2)cc1. The lowest BCUT2D eigenvalue weighted by Gasteiger charge is -2.04. The topological polar surface area (TPSA) is 83.6 Å². The average Bonchev–Trinajstić information content (AvgIpc) is 2.41. The van der Waals surface area contributed by atoms with Crippen molar-refractivity contribution in [2.45, 2.75) is 4.90 Å². The number of hydrogen-bond acceptors (Lipinski definition) is 5. The summed E-state index contributed by atoms with van der Waals surface area (Å²) in [4.78, 5) is 12.9. The van der Waals surface area contributed by atoms with Gasteiger partial charge in [0.15, 0.2) is 17.3 Å². The van der Waals surface area contributed by atoms with Gasteiger partial charge in [-0.1, -0.05) is 0 Å². The van der Waals surface area contributed by atoms with Crippen LogP contribution in [0.4, 0.5) is 5.69 Å². The maximum atomic E-state index is 11.9. The lowest BCUT2D eigenvalue weighted by atomic mass is 10.1. The highest BCUT2D eigenvalue weighted by Gasteiger charge is 2.09. The van der Waals surface area contributed by atoms with Gasteiger partial charge in [-0.15, -0.1) is 11.8 Å². The largest absolute Gasteiger partial charge is 0.504 e. The maximum absolute atomic E-state index is 11.9. The van der Waals surface area contributed by atoms with Crippen molar-refractivity contribution in [2.24, 2.45) is 0 Å². The summed E-state index contributed by atoms with van der Waals surface area (Å²) in [6.45, 7) is 0. The fraction of sp³-hybridized carbons (Fsp3) is 0.0714. The molecule has 0 saturated heterocycles. The number of nitrogens with two attached hydrogens (primary N) is 1. The lowest BCUT2D eigenvalue weighted by molar-refractivity contribution is 0.102. The fourth-order valence-electron chi connectivity index (χ4n) is 1.49. The van der Waals surface area contributed by atoms with Crippen molar-refractivity contribution in [3.8, 4) is 11.5 Å². The lowest BCUT2D eigenvalue weighted by Crippen LogP contribution is -2.01. The van der Waals surface area contributed by atoms with E-state index >= 15 is 0 Å². The van der Waals surface area contributed by atoms with Crippen molar-refractivity contribution in [1.29, 1.82) is 0 Å². The molecule has 0 amide bonds. The van der Waals surface area contributed by atoms with Gasteiger partial charge < -0.3 is 15.9 Å². The molecular formula is C14H13NO3S. The second-order valence-electron chi connectivity index (χ2n) is 3.98. The number of ketones is 1. The van der Waals surface area contributed by atoms with E-state index in [-0.39, 0.29) is 23.0 Å². The van der Waals surface area contributed by atoms with Gasteiger partial charge in [0.25, 0.3) is 0 Å². The third kappa shape index (κ3) is 3.42. The molecule has 0 aliphatic heterocycles. The van der Waals surface area contributed by atoms with Gasteiger partial charge in [-0.2, -0.15) is 0 Å². The van der Waals surface area contributed by atoms with Crippen LogP contribution in [0.25, 0.3) is 0 Å². The van der Waals surface area contributed by atoms with E-state index in [0.29, 0.717) is 11.3 Å². The Hall–Kier alpha value is -2.14. The number of carbonyl (C=O) groups excluding carboxylic acids is 1. The molecule has 2 rings (SSSR count). The van der Waals surface area contributed by atoms with Crippen molar-refractivity contribution < 1.29 is 15.0 Å². The summed E-state index contributed by atoms with van der Waals surface area (Å²) in [5.74, 6) is -0.378. The number of aromatic hydroxyl groups is 2. The molecule has 4 nitrogen and oxygen atoms in total.